The van der Waals surface area contributed by atoms with E-state index in [1.165, 1.54) is 51.4 Å². The normalized spacial score (nSPS) is 14.1. The van der Waals surface area contributed by atoms with Crippen molar-refractivity contribution in [2.24, 2.45) is 0 Å². The lowest BCUT2D eigenvalue weighted by Crippen LogP contribution is -2.28. The Kier molecular flexibility index (Phi) is 11.1. The number of benzene rings is 2. The number of carbonyl (C=O) groups is 2. The van der Waals surface area contributed by atoms with Gasteiger partial charge >= 0.3 is 0 Å². The first-order chi connectivity index (χ1) is 15.1. The van der Waals surface area contributed by atoms with E-state index in [-0.39, 0.29) is 12.5 Å². The van der Waals surface area contributed by atoms with Gasteiger partial charge in [-0.25, -0.2) is 0 Å². The molecule has 1 saturated carbocycles. The number of amides is 1. The molecule has 3 rings (SSSR count). The smallest absolute Gasteiger partial charge is 0.254 e. The lowest BCUT2D eigenvalue weighted by Gasteiger charge is -2.19. The van der Waals surface area contributed by atoms with E-state index in [1.807, 2.05) is 6.07 Å². The SMILES string of the molecule is C1CCCCCCC1.CN(CCCCCO)C(=O)c1ccc(N)c2cccc(C=O)c12. The van der Waals surface area contributed by atoms with Crippen molar-refractivity contribution in [1.29, 1.82) is 0 Å². The molecule has 1 aliphatic rings. The van der Waals surface area contributed by atoms with Crippen molar-refractivity contribution in [3.05, 3.63) is 41.5 Å². The van der Waals surface area contributed by atoms with Gasteiger partial charge in [0.25, 0.3) is 5.91 Å². The number of rotatable bonds is 7. The first-order valence-corrected chi connectivity index (χ1v) is 11.7. The van der Waals surface area contributed by atoms with Crippen LogP contribution in [0, 0.1) is 0 Å². The van der Waals surface area contributed by atoms with Crippen molar-refractivity contribution < 1.29 is 14.7 Å². The third kappa shape index (κ3) is 7.66. The van der Waals surface area contributed by atoms with Crippen molar-refractivity contribution in [1.82, 2.24) is 4.90 Å². The Labute approximate surface area is 186 Å². The molecule has 1 amide bonds. The van der Waals surface area contributed by atoms with Crippen LogP contribution in [0.2, 0.25) is 0 Å². The second-order valence-corrected chi connectivity index (χ2v) is 8.43. The molecule has 2 aromatic rings. The number of carbonyl (C=O) groups excluding carboxylic acids is 2. The van der Waals surface area contributed by atoms with Crippen LogP contribution >= 0.6 is 0 Å². The van der Waals surface area contributed by atoms with Crippen LogP contribution in [0.4, 0.5) is 5.69 Å². The van der Waals surface area contributed by atoms with Gasteiger partial charge in [0.05, 0.1) is 0 Å². The van der Waals surface area contributed by atoms with Crippen molar-refractivity contribution in [3.63, 3.8) is 0 Å². The van der Waals surface area contributed by atoms with E-state index in [2.05, 4.69) is 0 Å². The molecule has 0 bridgehead atoms. The number of hydrogen-bond donors (Lipinski definition) is 2. The molecule has 0 aromatic heterocycles. The third-order valence-corrected chi connectivity index (χ3v) is 5.96. The minimum Gasteiger partial charge on any atom is -0.398 e. The van der Waals surface area contributed by atoms with E-state index in [0.29, 0.717) is 34.1 Å². The number of anilines is 1. The monoisotopic (exact) mass is 426 g/mol. The number of hydrogen-bond acceptors (Lipinski definition) is 4. The van der Waals surface area contributed by atoms with Gasteiger partial charge in [0.2, 0.25) is 0 Å². The average molecular weight is 427 g/mol. The first kappa shape index (κ1) is 24.9. The number of aldehydes is 1. The van der Waals surface area contributed by atoms with Crippen molar-refractivity contribution in [2.45, 2.75) is 70.6 Å². The number of unbranched alkanes of at least 4 members (excludes halogenated alkanes) is 2. The molecule has 1 fully saturated rings. The van der Waals surface area contributed by atoms with Gasteiger partial charge in [0.1, 0.15) is 0 Å². The van der Waals surface area contributed by atoms with Gasteiger partial charge in [-0.3, -0.25) is 9.59 Å². The summed E-state index contributed by atoms with van der Waals surface area (Å²) in [6.07, 6.45) is 15.2. The molecule has 2 aromatic carbocycles. The van der Waals surface area contributed by atoms with Crippen LogP contribution in [0.3, 0.4) is 0 Å². The summed E-state index contributed by atoms with van der Waals surface area (Å²) in [6, 6.07) is 8.64. The number of fused-ring (bicyclic) bond motifs is 1. The molecule has 3 N–H and O–H groups in total. The van der Waals surface area contributed by atoms with E-state index in [1.54, 1.807) is 36.2 Å². The summed E-state index contributed by atoms with van der Waals surface area (Å²) in [5.74, 6) is -0.131. The highest BCUT2D eigenvalue weighted by Gasteiger charge is 2.17. The van der Waals surface area contributed by atoms with Crippen LogP contribution in [0.5, 0.6) is 0 Å². The predicted molar refractivity (Wildman–Crippen MR) is 129 cm³/mol. The quantitative estimate of drug-likeness (QED) is 0.343. The summed E-state index contributed by atoms with van der Waals surface area (Å²) in [7, 11) is 1.74. The molecule has 0 heterocycles. The minimum absolute atomic E-state index is 0.131. The van der Waals surface area contributed by atoms with E-state index in [4.69, 9.17) is 10.8 Å². The van der Waals surface area contributed by atoms with E-state index < -0.39 is 0 Å². The van der Waals surface area contributed by atoms with Gasteiger partial charge in [-0.1, -0.05) is 69.6 Å². The molecule has 5 nitrogen and oxygen atoms in total. The zero-order chi connectivity index (χ0) is 22.5. The lowest BCUT2D eigenvalue weighted by atomic mass is 9.97. The van der Waals surface area contributed by atoms with Gasteiger partial charge in [-0.2, -0.15) is 0 Å². The summed E-state index contributed by atoms with van der Waals surface area (Å²) in [4.78, 5) is 25.7. The highest BCUT2D eigenvalue weighted by atomic mass is 16.3. The van der Waals surface area contributed by atoms with Crippen LogP contribution < -0.4 is 5.73 Å². The fraction of sp³-hybridized carbons (Fsp3) is 0.538. The molecule has 0 unspecified atom stereocenters. The summed E-state index contributed by atoms with van der Waals surface area (Å²) < 4.78 is 0. The summed E-state index contributed by atoms with van der Waals surface area (Å²) in [6.45, 7) is 0.775. The van der Waals surface area contributed by atoms with Crippen LogP contribution in [-0.2, 0) is 0 Å². The van der Waals surface area contributed by atoms with Gasteiger partial charge < -0.3 is 15.7 Å². The number of nitrogens with zero attached hydrogens (tertiary/aromatic N) is 1. The molecule has 0 saturated heterocycles. The van der Waals surface area contributed by atoms with E-state index in [9.17, 15) is 9.59 Å². The van der Waals surface area contributed by atoms with Crippen molar-refractivity contribution in [2.75, 3.05) is 25.9 Å². The van der Waals surface area contributed by atoms with E-state index >= 15 is 0 Å². The summed E-state index contributed by atoms with van der Waals surface area (Å²) in [5, 5.41) is 10.1. The Morgan fingerprint density at radius 2 is 1.58 bits per heavy atom. The summed E-state index contributed by atoms with van der Waals surface area (Å²) >= 11 is 0. The second-order valence-electron chi connectivity index (χ2n) is 8.43. The number of nitrogens with two attached hydrogens (primary N) is 1. The van der Waals surface area contributed by atoms with Crippen molar-refractivity contribution >= 4 is 28.7 Å². The van der Waals surface area contributed by atoms with Crippen molar-refractivity contribution in [3.8, 4) is 0 Å². The number of aliphatic hydroxyl groups excluding tert-OH is 1. The summed E-state index contributed by atoms with van der Waals surface area (Å²) in [5.41, 5.74) is 7.47. The molecule has 0 aliphatic heterocycles. The molecule has 0 atom stereocenters. The lowest BCUT2D eigenvalue weighted by molar-refractivity contribution is 0.0794. The molecule has 1 aliphatic carbocycles. The Morgan fingerprint density at radius 1 is 0.968 bits per heavy atom. The first-order valence-electron chi connectivity index (χ1n) is 11.7. The van der Waals surface area contributed by atoms with Gasteiger partial charge in [-0.05, 0) is 31.4 Å². The average Bonchev–Trinajstić information content (AvgIpc) is 2.76. The molecular formula is C26H38N2O3. The molecule has 0 radical (unpaired) electrons. The Morgan fingerprint density at radius 3 is 2.13 bits per heavy atom. The van der Waals surface area contributed by atoms with Crippen LogP contribution in [0.25, 0.3) is 10.8 Å². The topological polar surface area (TPSA) is 83.6 Å². The zero-order valence-electron chi connectivity index (χ0n) is 18.9. The molecule has 170 valence electrons. The largest absolute Gasteiger partial charge is 0.398 e. The van der Waals surface area contributed by atoms with Crippen LogP contribution in [0.1, 0.15) is 91.3 Å². The van der Waals surface area contributed by atoms with E-state index in [0.717, 1.165) is 25.5 Å². The predicted octanol–water partition coefficient (Wildman–Crippen LogP) is 5.59. The fourth-order valence-electron chi connectivity index (χ4n) is 4.09. The minimum atomic E-state index is -0.131. The molecule has 31 heavy (non-hydrogen) atoms. The Balaban J connectivity index is 0.000000357. The third-order valence-electron chi connectivity index (χ3n) is 5.96. The highest BCUT2D eigenvalue weighted by Crippen LogP contribution is 2.28. The Bertz CT molecular complexity index is 811. The second kappa shape index (κ2) is 13.8. The number of nitrogen functional groups attached to an aromatic ring is 1. The molecule has 0 spiro atoms. The standard InChI is InChI=1S/C18H22N2O3.C8H16/c1-20(10-3-2-4-11-21)18(23)15-8-9-16(19)14-7-5-6-13(12-22)17(14)15;1-2-4-6-8-7-5-3-1/h5-9,12,21H,2-4,10-11,19H2,1H3;1-8H2. The maximum atomic E-state index is 12.7. The Hall–Kier alpha value is -2.40. The van der Waals surface area contributed by atoms with Gasteiger partial charge in [-0.15, -0.1) is 0 Å². The fourth-order valence-corrected chi connectivity index (χ4v) is 4.09. The molecule has 5 heteroatoms. The van der Waals surface area contributed by atoms with Gasteiger partial charge in [0, 0.05) is 47.8 Å². The van der Waals surface area contributed by atoms with Crippen LogP contribution in [-0.4, -0.2) is 42.4 Å². The number of aliphatic hydroxyl groups is 1. The zero-order valence-corrected chi connectivity index (χ0v) is 18.9. The molecular weight excluding hydrogens is 388 g/mol. The van der Waals surface area contributed by atoms with Crippen LogP contribution in [0.15, 0.2) is 30.3 Å². The highest BCUT2D eigenvalue weighted by molar-refractivity contribution is 6.14. The van der Waals surface area contributed by atoms with Gasteiger partial charge in [0.15, 0.2) is 6.29 Å². The maximum Gasteiger partial charge on any atom is 0.254 e. The maximum absolute atomic E-state index is 12.7.